The molecular weight excluding hydrogens is 226 g/mol. The number of hydrogen-bond donors (Lipinski definition) is 1. The zero-order valence-corrected chi connectivity index (χ0v) is 10.5. The van der Waals surface area contributed by atoms with Gasteiger partial charge in [-0.15, -0.1) is 0 Å². The van der Waals surface area contributed by atoms with Crippen molar-refractivity contribution in [2.45, 2.75) is 31.7 Å². The molecule has 2 rings (SSSR count). The Morgan fingerprint density at radius 3 is 2.61 bits per heavy atom. The van der Waals surface area contributed by atoms with E-state index in [-0.39, 0.29) is 5.91 Å². The molecule has 0 atom stereocenters. The van der Waals surface area contributed by atoms with Gasteiger partial charge in [0.1, 0.15) is 12.4 Å². The summed E-state index contributed by atoms with van der Waals surface area (Å²) in [5, 5.41) is 3.06. The summed E-state index contributed by atoms with van der Waals surface area (Å²) >= 11 is 0. The second kappa shape index (κ2) is 6.24. The summed E-state index contributed by atoms with van der Waals surface area (Å²) in [7, 11) is 0. The third kappa shape index (κ3) is 3.36. The van der Waals surface area contributed by atoms with E-state index in [1.165, 1.54) is 12.8 Å². The summed E-state index contributed by atoms with van der Waals surface area (Å²) in [6, 6.07) is 7.57. The van der Waals surface area contributed by atoms with Gasteiger partial charge < -0.3 is 10.1 Å². The fraction of sp³-hybridized carbons (Fsp3) is 0.400. The molecule has 0 aliphatic heterocycles. The molecule has 0 bridgehead atoms. The van der Waals surface area contributed by atoms with E-state index in [1.807, 2.05) is 12.1 Å². The van der Waals surface area contributed by atoms with Crippen LogP contribution in [0.4, 0.5) is 0 Å². The maximum absolute atomic E-state index is 12.0. The van der Waals surface area contributed by atoms with Crippen LogP contribution in [-0.4, -0.2) is 18.6 Å². The minimum absolute atomic E-state index is 0.0113. The summed E-state index contributed by atoms with van der Waals surface area (Å²) < 4.78 is 5.37. The van der Waals surface area contributed by atoms with Gasteiger partial charge in [-0.05, 0) is 37.1 Å². The van der Waals surface area contributed by atoms with E-state index in [0.29, 0.717) is 18.2 Å². The van der Waals surface area contributed by atoms with E-state index < -0.39 is 0 Å². The Balaban J connectivity index is 1.91. The van der Waals surface area contributed by atoms with Gasteiger partial charge in [0, 0.05) is 11.6 Å². The lowest BCUT2D eigenvalue weighted by Gasteiger charge is -2.12. The summed E-state index contributed by atoms with van der Waals surface area (Å²) in [5.74, 6) is 0.768. The molecule has 1 N–H and O–H groups in total. The minimum atomic E-state index is 0.0113. The molecule has 0 aromatic heterocycles. The largest absolute Gasteiger partial charge is 0.490 e. The fourth-order valence-electron chi connectivity index (χ4n) is 2.20. The van der Waals surface area contributed by atoms with E-state index >= 15 is 0 Å². The van der Waals surface area contributed by atoms with Gasteiger partial charge in [0.05, 0.1) is 0 Å². The van der Waals surface area contributed by atoms with E-state index in [1.54, 1.807) is 18.2 Å². The lowest BCUT2D eigenvalue weighted by atomic mass is 10.1. The van der Waals surface area contributed by atoms with Crippen molar-refractivity contribution in [3.8, 4) is 5.75 Å². The first kappa shape index (κ1) is 12.7. The van der Waals surface area contributed by atoms with Crippen molar-refractivity contribution in [2.24, 2.45) is 0 Å². The number of carbonyl (C=O) groups is 1. The van der Waals surface area contributed by atoms with Crippen molar-refractivity contribution >= 4 is 5.91 Å². The Kier molecular flexibility index (Phi) is 4.40. The molecule has 0 radical (unpaired) electrons. The predicted octanol–water partition coefficient (Wildman–Crippen LogP) is 2.92. The minimum Gasteiger partial charge on any atom is -0.490 e. The highest BCUT2D eigenvalue weighted by Gasteiger charge is 2.17. The predicted molar refractivity (Wildman–Crippen MR) is 71.9 cm³/mol. The van der Waals surface area contributed by atoms with Crippen LogP contribution in [0.25, 0.3) is 0 Å². The summed E-state index contributed by atoms with van der Waals surface area (Å²) in [4.78, 5) is 12.0. The van der Waals surface area contributed by atoms with Crippen LogP contribution in [0.1, 0.15) is 36.0 Å². The SMILES string of the molecule is C=CCOc1ccc(C(=O)NC2CCCC2)cc1. The van der Waals surface area contributed by atoms with Crippen LogP contribution < -0.4 is 10.1 Å². The Labute approximate surface area is 108 Å². The van der Waals surface area contributed by atoms with Crippen molar-refractivity contribution in [3.63, 3.8) is 0 Å². The highest BCUT2D eigenvalue weighted by molar-refractivity contribution is 5.94. The van der Waals surface area contributed by atoms with Crippen LogP contribution in [0, 0.1) is 0 Å². The van der Waals surface area contributed by atoms with Crippen LogP contribution in [0.2, 0.25) is 0 Å². The Morgan fingerprint density at radius 2 is 2.00 bits per heavy atom. The van der Waals surface area contributed by atoms with Crippen molar-refractivity contribution in [3.05, 3.63) is 42.5 Å². The molecule has 0 spiro atoms. The number of amides is 1. The van der Waals surface area contributed by atoms with Crippen LogP contribution >= 0.6 is 0 Å². The second-order valence-electron chi connectivity index (χ2n) is 4.58. The third-order valence-electron chi connectivity index (χ3n) is 3.17. The number of carbonyl (C=O) groups excluding carboxylic acids is 1. The first-order valence-electron chi connectivity index (χ1n) is 6.44. The van der Waals surface area contributed by atoms with E-state index in [2.05, 4.69) is 11.9 Å². The quantitative estimate of drug-likeness (QED) is 0.810. The molecule has 1 aliphatic rings. The van der Waals surface area contributed by atoms with Crippen LogP contribution in [0.3, 0.4) is 0 Å². The maximum atomic E-state index is 12.0. The molecule has 1 fully saturated rings. The smallest absolute Gasteiger partial charge is 0.251 e. The first-order chi connectivity index (χ1) is 8.79. The lowest BCUT2D eigenvalue weighted by molar-refractivity contribution is 0.0938. The van der Waals surface area contributed by atoms with Gasteiger partial charge in [-0.25, -0.2) is 0 Å². The van der Waals surface area contributed by atoms with Crippen molar-refractivity contribution < 1.29 is 9.53 Å². The van der Waals surface area contributed by atoms with E-state index in [0.717, 1.165) is 18.6 Å². The molecule has 0 unspecified atom stereocenters. The fourth-order valence-corrected chi connectivity index (χ4v) is 2.20. The average molecular weight is 245 g/mol. The molecule has 1 aliphatic carbocycles. The number of ether oxygens (including phenoxy) is 1. The monoisotopic (exact) mass is 245 g/mol. The topological polar surface area (TPSA) is 38.3 Å². The Morgan fingerprint density at radius 1 is 1.33 bits per heavy atom. The van der Waals surface area contributed by atoms with Crippen LogP contribution in [-0.2, 0) is 0 Å². The summed E-state index contributed by atoms with van der Waals surface area (Å²) in [5.41, 5.74) is 0.688. The standard InChI is InChI=1S/C15H19NO2/c1-2-11-18-14-9-7-12(8-10-14)15(17)16-13-5-3-4-6-13/h2,7-10,13H,1,3-6,11H2,(H,16,17). The van der Waals surface area contributed by atoms with Crippen molar-refractivity contribution in [1.29, 1.82) is 0 Å². The summed E-state index contributed by atoms with van der Waals surface area (Å²) in [6.45, 7) is 4.07. The number of hydrogen-bond acceptors (Lipinski definition) is 2. The van der Waals surface area contributed by atoms with Gasteiger partial charge in [-0.3, -0.25) is 4.79 Å². The zero-order chi connectivity index (χ0) is 12.8. The molecule has 96 valence electrons. The van der Waals surface area contributed by atoms with Crippen LogP contribution in [0.15, 0.2) is 36.9 Å². The molecule has 18 heavy (non-hydrogen) atoms. The van der Waals surface area contributed by atoms with Gasteiger partial charge in [0.2, 0.25) is 0 Å². The molecule has 1 aromatic rings. The molecule has 0 heterocycles. The van der Waals surface area contributed by atoms with E-state index in [4.69, 9.17) is 4.74 Å². The third-order valence-corrected chi connectivity index (χ3v) is 3.17. The van der Waals surface area contributed by atoms with Gasteiger partial charge >= 0.3 is 0 Å². The number of nitrogens with one attached hydrogen (secondary N) is 1. The van der Waals surface area contributed by atoms with Gasteiger partial charge in [-0.1, -0.05) is 25.5 Å². The molecular formula is C15H19NO2. The first-order valence-corrected chi connectivity index (χ1v) is 6.44. The summed E-state index contributed by atoms with van der Waals surface area (Å²) in [6.07, 6.45) is 6.35. The van der Waals surface area contributed by atoms with Gasteiger partial charge in [0.15, 0.2) is 0 Å². The highest BCUT2D eigenvalue weighted by Crippen LogP contribution is 2.18. The normalized spacial score (nSPS) is 15.3. The maximum Gasteiger partial charge on any atom is 0.251 e. The van der Waals surface area contributed by atoms with Gasteiger partial charge in [0.25, 0.3) is 5.91 Å². The number of rotatable bonds is 5. The molecule has 1 aromatic carbocycles. The highest BCUT2D eigenvalue weighted by atomic mass is 16.5. The molecule has 1 amide bonds. The number of benzene rings is 1. The molecule has 1 saturated carbocycles. The van der Waals surface area contributed by atoms with Crippen molar-refractivity contribution in [2.75, 3.05) is 6.61 Å². The van der Waals surface area contributed by atoms with Crippen molar-refractivity contribution in [1.82, 2.24) is 5.32 Å². The Bertz CT molecular complexity index is 405. The molecule has 3 heteroatoms. The van der Waals surface area contributed by atoms with E-state index in [9.17, 15) is 4.79 Å². The average Bonchev–Trinajstić information content (AvgIpc) is 2.89. The molecule has 0 saturated heterocycles. The second-order valence-corrected chi connectivity index (χ2v) is 4.58. The van der Waals surface area contributed by atoms with Gasteiger partial charge in [-0.2, -0.15) is 0 Å². The van der Waals surface area contributed by atoms with Crippen LogP contribution in [0.5, 0.6) is 5.75 Å². The lowest BCUT2D eigenvalue weighted by Crippen LogP contribution is -2.32. The molecule has 3 nitrogen and oxygen atoms in total. The Hall–Kier alpha value is -1.77. The zero-order valence-electron chi connectivity index (χ0n) is 10.5.